The van der Waals surface area contributed by atoms with Gasteiger partial charge in [-0.15, -0.1) is 11.3 Å². The highest BCUT2D eigenvalue weighted by molar-refractivity contribution is 7.18. The summed E-state index contributed by atoms with van der Waals surface area (Å²) in [5, 5.41) is 0.854. The first kappa shape index (κ1) is 16.1. The topological polar surface area (TPSA) is 71.1 Å². The van der Waals surface area contributed by atoms with Gasteiger partial charge in [0.15, 0.2) is 0 Å². The van der Waals surface area contributed by atoms with Crippen molar-refractivity contribution >= 4 is 33.4 Å². The number of thiazole rings is 1. The molecule has 0 fully saturated rings. The maximum absolute atomic E-state index is 13.5. The van der Waals surface area contributed by atoms with Crippen LogP contribution in [-0.4, -0.2) is 16.8 Å². The number of hydrazine groups is 1. The van der Waals surface area contributed by atoms with E-state index in [9.17, 15) is 14.0 Å². The van der Waals surface area contributed by atoms with Gasteiger partial charge in [-0.3, -0.25) is 20.4 Å². The van der Waals surface area contributed by atoms with Crippen LogP contribution in [0.5, 0.6) is 0 Å². The molecule has 0 unspecified atom stereocenters. The smallest absolute Gasteiger partial charge is 0.272 e. The fourth-order valence-electron chi connectivity index (χ4n) is 2.15. The van der Waals surface area contributed by atoms with E-state index < -0.39 is 11.7 Å². The molecule has 1 aromatic heterocycles. The van der Waals surface area contributed by atoms with Crippen LogP contribution in [0.15, 0.2) is 48.5 Å². The van der Waals surface area contributed by atoms with Gasteiger partial charge in [0.2, 0.25) is 5.91 Å². The van der Waals surface area contributed by atoms with Gasteiger partial charge in [0, 0.05) is 12.8 Å². The SMILES string of the molecule is O=C(CCc1nc2ccccc2s1)NNC(=O)c1ccccc1F. The lowest BCUT2D eigenvalue weighted by Crippen LogP contribution is -2.42. The lowest BCUT2D eigenvalue weighted by atomic mass is 10.2. The Labute approximate surface area is 141 Å². The Morgan fingerprint density at radius 2 is 1.79 bits per heavy atom. The van der Waals surface area contributed by atoms with Gasteiger partial charge in [-0.25, -0.2) is 9.37 Å². The average molecular weight is 343 g/mol. The van der Waals surface area contributed by atoms with Crippen molar-refractivity contribution in [2.24, 2.45) is 0 Å². The van der Waals surface area contributed by atoms with Gasteiger partial charge in [-0.05, 0) is 24.3 Å². The summed E-state index contributed by atoms with van der Waals surface area (Å²) in [5.41, 5.74) is 5.28. The number of aryl methyl sites for hydroxylation is 1. The molecule has 2 amide bonds. The molecule has 0 saturated carbocycles. The molecule has 0 spiro atoms. The van der Waals surface area contributed by atoms with E-state index in [-0.39, 0.29) is 17.9 Å². The summed E-state index contributed by atoms with van der Waals surface area (Å²) >= 11 is 1.53. The third-order valence-corrected chi connectivity index (χ3v) is 4.43. The molecule has 2 N–H and O–H groups in total. The summed E-state index contributed by atoms with van der Waals surface area (Å²) in [6, 6.07) is 13.3. The van der Waals surface area contributed by atoms with Gasteiger partial charge in [0.25, 0.3) is 5.91 Å². The van der Waals surface area contributed by atoms with Crippen LogP contribution in [0.4, 0.5) is 4.39 Å². The minimum atomic E-state index is -0.693. The number of halogens is 1. The number of hydrogen-bond acceptors (Lipinski definition) is 4. The summed E-state index contributed by atoms with van der Waals surface area (Å²) < 4.78 is 14.5. The number of amides is 2. The van der Waals surface area contributed by atoms with Crippen LogP contribution in [0.25, 0.3) is 10.2 Å². The summed E-state index contributed by atoms with van der Waals surface area (Å²) in [6.07, 6.45) is 0.651. The number of hydrogen-bond donors (Lipinski definition) is 2. The lowest BCUT2D eigenvalue weighted by molar-refractivity contribution is -0.121. The van der Waals surface area contributed by atoms with E-state index in [0.29, 0.717) is 6.42 Å². The first-order valence-corrected chi connectivity index (χ1v) is 8.13. The zero-order valence-electron chi connectivity index (χ0n) is 12.6. The van der Waals surface area contributed by atoms with E-state index in [2.05, 4.69) is 15.8 Å². The molecule has 0 saturated heterocycles. The maximum Gasteiger partial charge on any atom is 0.272 e. The Kier molecular flexibility index (Phi) is 4.81. The molecular weight excluding hydrogens is 329 g/mol. The van der Waals surface area contributed by atoms with Crippen LogP contribution < -0.4 is 10.9 Å². The lowest BCUT2D eigenvalue weighted by Gasteiger charge is -2.07. The summed E-state index contributed by atoms with van der Waals surface area (Å²) in [5.74, 6) is -1.70. The van der Waals surface area contributed by atoms with Crippen molar-refractivity contribution in [3.63, 3.8) is 0 Å². The van der Waals surface area contributed by atoms with Crippen molar-refractivity contribution in [3.8, 4) is 0 Å². The van der Waals surface area contributed by atoms with E-state index in [1.54, 1.807) is 6.07 Å². The monoisotopic (exact) mass is 343 g/mol. The quantitative estimate of drug-likeness (QED) is 0.716. The highest BCUT2D eigenvalue weighted by Crippen LogP contribution is 2.22. The fourth-order valence-corrected chi connectivity index (χ4v) is 3.12. The molecule has 2 aromatic carbocycles. The molecule has 3 rings (SSSR count). The van der Waals surface area contributed by atoms with Gasteiger partial charge >= 0.3 is 0 Å². The van der Waals surface area contributed by atoms with Crippen molar-refractivity contribution in [1.29, 1.82) is 0 Å². The van der Waals surface area contributed by atoms with Gasteiger partial charge in [-0.1, -0.05) is 24.3 Å². The highest BCUT2D eigenvalue weighted by Gasteiger charge is 2.12. The second kappa shape index (κ2) is 7.18. The number of nitrogens with one attached hydrogen (secondary N) is 2. The number of benzene rings is 2. The molecule has 0 bridgehead atoms. The van der Waals surface area contributed by atoms with Gasteiger partial charge in [0.1, 0.15) is 5.82 Å². The van der Waals surface area contributed by atoms with Crippen molar-refractivity contribution in [2.45, 2.75) is 12.8 Å². The van der Waals surface area contributed by atoms with E-state index >= 15 is 0 Å². The fraction of sp³-hybridized carbons (Fsp3) is 0.118. The minimum Gasteiger partial charge on any atom is -0.273 e. The third kappa shape index (κ3) is 3.75. The van der Waals surface area contributed by atoms with Crippen LogP contribution in [0.2, 0.25) is 0 Å². The zero-order chi connectivity index (χ0) is 16.9. The predicted molar refractivity (Wildman–Crippen MR) is 89.9 cm³/mol. The number of aromatic nitrogens is 1. The Morgan fingerprint density at radius 3 is 2.58 bits per heavy atom. The van der Waals surface area contributed by atoms with E-state index in [0.717, 1.165) is 15.2 Å². The van der Waals surface area contributed by atoms with Gasteiger partial charge < -0.3 is 0 Å². The second-order valence-corrected chi connectivity index (χ2v) is 6.17. The molecule has 0 aliphatic rings. The average Bonchev–Trinajstić information content (AvgIpc) is 3.01. The van der Waals surface area contributed by atoms with Crippen LogP contribution in [0, 0.1) is 5.82 Å². The summed E-state index contributed by atoms with van der Waals surface area (Å²) in [4.78, 5) is 28.0. The molecule has 7 heteroatoms. The molecule has 24 heavy (non-hydrogen) atoms. The Hall–Kier alpha value is -2.80. The van der Waals surface area contributed by atoms with Gasteiger partial charge in [0.05, 0.1) is 20.8 Å². The van der Waals surface area contributed by atoms with E-state index in [1.165, 1.54) is 29.5 Å². The molecule has 5 nitrogen and oxygen atoms in total. The molecule has 122 valence electrons. The number of carbonyl (C=O) groups excluding carboxylic acids is 2. The Bertz CT molecular complexity index is 861. The molecule has 0 aliphatic heterocycles. The molecule has 0 atom stereocenters. The van der Waals surface area contributed by atoms with Crippen LogP contribution in [0.1, 0.15) is 21.8 Å². The summed E-state index contributed by atoms with van der Waals surface area (Å²) in [7, 11) is 0. The van der Waals surface area contributed by atoms with Crippen LogP contribution in [0.3, 0.4) is 0 Å². The molecule has 1 heterocycles. The van der Waals surface area contributed by atoms with Crippen molar-refractivity contribution in [3.05, 3.63) is 64.9 Å². The standard InChI is InChI=1S/C17H14FN3O2S/c18-12-6-2-1-5-11(12)17(23)21-20-15(22)9-10-16-19-13-7-3-4-8-14(13)24-16/h1-8H,9-10H2,(H,20,22)(H,21,23). The first-order chi connectivity index (χ1) is 11.6. The second-order valence-electron chi connectivity index (χ2n) is 5.06. The van der Waals surface area contributed by atoms with Crippen molar-refractivity contribution < 1.29 is 14.0 Å². The normalized spacial score (nSPS) is 10.5. The Balaban J connectivity index is 1.51. The van der Waals surface area contributed by atoms with E-state index in [1.807, 2.05) is 24.3 Å². The predicted octanol–water partition coefficient (Wildman–Crippen LogP) is 2.83. The number of rotatable bonds is 4. The molecular formula is C17H14FN3O2S. The van der Waals surface area contributed by atoms with E-state index in [4.69, 9.17) is 0 Å². The number of para-hydroxylation sites is 1. The molecule has 0 aliphatic carbocycles. The largest absolute Gasteiger partial charge is 0.273 e. The van der Waals surface area contributed by atoms with Crippen molar-refractivity contribution in [2.75, 3.05) is 0 Å². The number of fused-ring (bicyclic) bond motifs is 1. The van der Waals surface area contributed by atoms with Gasteiger partial charge in [-0.2, -0.15) is 0 Å². The number of carbonyl (C=O) groups is 2. The van der Waals surface area contributed by atoms with Crippen LogP contribution >= 0.6 is 11.3 Å². The first-order valence-electron chi connectivity index (χ1n) is 7.31. The number of nitrogens with zero attached hydrogens (tertiary/aromatic N) is 1. The third-order valence-electron chi connectivity index (χ3n) is 3.34. The zero-order valence-corrected chi connectivity index (χ0v) is 13.4. The molecule has 3 aromatic rings. The molecule has 0 radical (unpaired) electrons. The van der Waals surface area contributed by atoms with Crippen molar-refractivity contribution in [1.82, 2.24) is 15.8 Å². The Morgan fingerprint density at radius 1 is 1.04 bits per heavy atom. The maximum atomic E-state index is 13.5. The highest BCUT2D eigenvalue weighted by atomic mass is 32.1. The van der Waals surface area contributed by atoms with Crippen LogP contribution in [-0.2, 0) is 11.2 Å². The summed E-state index contributed by atoms with van der Waals surface area (Å²) in [6.45, 7) is 0. The minimum absolute atomic E-state index is 0.121.